The summed E-state index contributed by atoms with van der Waals surface area (Å²) in [6.45, 7) is 1.97. The first-order chi connectivity index (χ1) is 21.4. The van der Waals surface area contributed by atoms with E-state index in [-0.39, 0.29) is 22.8 Å². The van der Waals surface area contributed by atoms with Crippen molar-refractivity contribution in [3.63, 3.8) is 0 Å². The van der Waals surface area contributed by atoms with Gasteiger partial charge >= 0.3 is 0 Å². The number of rotatable bonds is 10. The van der Waals surface area contributed by atoms with E-state index in [1.54, 1.807) is 36.4 Å². The first kappa shape index (κ1) is 31.0. The summed E-state index contributed by atoms with van der Waals surface area (Å²) in [7, 11) is 0. The summed E-state index contributed by atoms with van der Waals surface area (Å²) in [6.07, 6.45) is 2.32. The lowest BCUT2D eigenvalue weighted by molar-refractivity contribution is -0.116. The van der Waals surface area contributed by atoms with Crippen molar-refractivity contribution < 1.29 is 14.4 Å². The Morgan fingerprint density at radius 2 is 1.48 bits per heavy atom. The van der Waals surface area contributed by atoms with Gasteiger partial charge in [-0.05, 0) is 106 Å². The van der Waals surface area contributed by atoms with E-state index in [9.17, 15) is 14.4 Å². The van der Waals surface area contributed by atoms with Crippen LogP contribution >= 0.6 is 34.4 Å². The van der Waals surface area contributed by atoms with Gasteiger partial charge in [-0.25, -0.2) is 0 Å². The van der Waals surface area contributed by atoms with E-state index >= 15 is 0 Å². The Labute approximate surface area is 274 Å². The summed E-state index contributed by atoms with van der Waals surface area (Å²) in [5.74, 6) is -0.939. The van der Waals surface area contributed by atoms with Gasteiger partial charge in [-0.15, -0.1) is 11.8 Å². The highest BCUT2D eigenvalue weighted by Crippen LogP contribution is 2.29. The Bertz CT molecular complexity index is 1820. The van der Waals surface area contributed by atoms with Crippen LogP contribution in [-0.4, -0.2) is 23.0 Å². The standard InChI is InChI=1S/C36H30IN3O3S/c1-2-33(36(43)38-28-20-18-27(37)19-21-28)44-30-16-9-15-29(23-30)39-35(42)32(40-34(41)25-11-4-3-5-12-25)22-26-14-8-13-24-10-6-7-17-31(24)26/h3-23,33H,2H2,1H3,(H,38,43)(H,39,42)(H,40,41)/b32-22+. The molecule has 1 unspecified atom stereocenters. The van der Waals surface area contributed by atoms with Gasteiger partial charge in [0.1, 0.15) is 5.70 Å². The number of thioether (sulfide) groups is 1. The fraction of sp³-hybridized carbons (Fsp3) is 0.0833. The van der Waals surface area contributed by atoms with Crippen molar-refractivity contribution >= 4 is 80.3 Å². The lowest BCUT2D eigenvalue weighted by Crippen LogP contribution is -2.30. The van der Waals surface area contributed by atoms with E-state index in [0.717, 1.165) is 30.5 Å². The molecule has 3 N–H and O–H groups in total. The Balaban J connectivity index is 1.36. The monoisotopic (exact) mass is 711 g/mol. The molecule has 5 aromatic rings. The van der Waals surface area contributed by atoms with Crippen LogP contribution in [0.3, 0.4) is 0 Å². The van der Waals surface area contributed by atoms with Gasteiger partial charge in [0.2, 0.25) is 5.91 Å². The van der Waals surface area contributed by atoms with E-state index in [1.807, 2.05) is 97.9 Å². The van der Waals surface area contributed by atoms with Gasteiger partial charge < -0.3 is 16.0 Å². The van der Waals surface area contributed by atoms with Gasteiger partial charge in [-0.2, -0.15) is 0 Å². The topological polar surface area (TPSA) is 87.3 Å². The van der Waals surface area contributed by atoms with Crippen LogP contribution in [0.25, 0.3) is 16.8 Å². The summed E-state index contributed by atoms with van der Waals surface area (Å²) in [4.78, 5) is 40.6. The molecule has 44 heavy (non-hydrogen) atoms. The molecule has 0 radical (unpaired) electrons. The number of hydrogen-bond donors (Lipinski definition) is 3. The molecule has 1 atom stereocenters. The second kappa shape index (κ2) is 14.9. The Morgan fingerprint density at radius 1 is 0.773 bits per heavy atom. The number of nitrogens with one attached hydrogen (secondary N) is 3. The highest BCUT2D eigenvalue weighted by atomic mass is 127. The summed E-state index contributed by atoms with van der Waals surface area (Å²) >= 11 is 3.66. The SMILES string of the molecule is CCC(Sc1cccc(NC(=O)/C(=C\c2cccc3ccccc23)NC(=O)c2ccccc2)c1)C(=O)Nc1ccc(I)cc1. The zero-order valence-corrected chi connectivity index (χ0v) is 26.9. The van der Waals surface area contributed by atoms with Crippen LogP contribution in [0.4, 0.5) is 11.4 Å². The third-order valence-electron chi connectivity index (χ3n) is 6.80. The number of amides is 3. The number of anilines is 2. The normalized spacial score (nSPS) is 11.9. The Hall–Kier alpha value is -4.41. The molecule has 0 saturated carbocycles. The van der Waals surface area contributed by atoms with Crippen LogP contribution in [0, 0.1) is 3.57 Å². The van der Waals surface area contributed by atoms with Crippen molar-refractivity contribution in [2.45, 2.75) is 23.5 Å². The predicted molar refractivity (Wildman–Crippen MR) is 189 cm³/mol. The minimum absolute atomic E-state index is 0.0860. The lowest BCUT2D eigenvalue weighted by Gasteiger charge is -2.16. The first-order valence-electron chi connectivity index (χ1n) is 14.1. The fourth-order valence-electron chi connectivity index (χ4n) is 4.56. The minimum Gasteiger partial charge on any atom is -0.325 e. The van der Waals surface area contributed by atoms with Crippen LogP contribution in [0.1, 0.15) is 29.3 Å². The van der Waals surface area contributed by atoms with Crippen molar-refractivity contribution in [3.05, 3.63) is 142 Å². The van der Waals surface area contributed by atoms with Crippen LogP contribution in [0.15, 0.2) is 132 Å². The second-order valence-electron chi connectivity index (χ2n) is 9.94. The molecule has 6 nitrogen and oxygen atoms in total. The zero-order chi connectivity index (χ0) is 30.9. The minimum atomic E-state index is -0.465. The number of halogens is 1. The molecule has 5 aromatic carbocycles. The fourth-order valence-corrected chi connectivity index (χ4v) is 5.94. The van der Waals surface area contributed by atoms with Crippen molar-refractivity contribution in [2.75, 3.05) is 10.6 Å². The van der Waals surface area contributed by atoms with Gasteiger partial charge in [0.15, 0.2) is 0 Å². The highest BCUT2D eigenvalue weighted by molar-refractivity contribution is 14.1. The maximum Gasteiger partial charge on any atom is 0.272 e. The molecule has 0 heterocycles. The largest absolute Gasteiger partial charge is 0.325 e. The molecular formula is C36H30IN3O3S. The van der Waals surface area contributed by atoms with Crippen LogP contribution in [-0.2, 0) is 9.59 Å². The maximum absolute atomic E-state index is 13.7. The average molecular weight is 712 g/mol. The van der Waals surface area contributed by atoms with Crippen LogP contribution in [0.5, 0.6) is 0 Å². The molecule has 0 saturated heterocycles. The summed E-state index contributed by atoms with van der Waals surface area (Å²) in [5.41, 5.74) is 2.65. The first-order valence-corrected chi connectivity index (χ1v) is 16.1. The zero-order valence-electron chi connectivity index (χ0n) is 23.9. The highest BCUT2D eigenvalue weighted by Gasteiger charge is 2.19. The van der Waals surface area contributed by atoms with E-state index in [2.05, 4.69) is 38.5 Å². The summed E-state index contributed by atoms with van der Waals surface area (Å²) in [5, 5.41) is 10.4. The molecule has 0 bridgehead atoms. The van der Waals surface area contributed by atoms with Crippen LogP contribution in [0.2, 0.25) is 0 Å². The smallest absolute Gasteiger partial charge is 0.272 e. The number of fused-ring (bicyclic) bond motifs is 1. The molecule has 0 aliphatic heterocycles. The van der Waals surface area contributed by atoms with Gasteiger partial charge in [0.25, 0.3) is 11.8 Å². The van der Waals surface area contributed by atoms with Crippen LogP contribution < -0.4 is 16.0 Å². The van der Waals surface area contributed by atoms with E-state index in [0.29, 0.717) is 17.7 Å². The molecule has 0 aromatic heterocycles. The molecule has 0 fully saturated rings. The van der Waals surface area contributed by atoms with E-state index in [1.165, 1.54) is 11.8 Å². The predicted octanol–water partition coefficient (Wildman–Crippen LogP) is 8.36. The summed E-state index contributed by atoms with van der Waals surface area (Å²) < 4.78 is 1.09. The number of benzene rings is 5. The van der Waals surface area contributed by atoms with Gasteiger partial charge in [-0.1, -0.05) is 73.7 Å². The number of hydrogen-bond acceptors (Lipinski definition) is 4. The molecule has 3 amide bonds. The van der Waals surface area contributed by atoms with Gasteiger partial charge in [0.05, 0.1) is 5.25 Å². The van der Waals surface area contributed by atoms with Crippen molar-refractivity contribution in [1.29, 1.82) is 0 Å². The van der Waals surface area contributed by atoms with E-state index < -0.39 is 5.91 Å². The average Bonchev–Trinajstić information content (AvgIpc) is 3.05. The van der Waals surface area contributed by atoms with Crippen molar-refractivity contribution in [1.82, 2.24) is 5.32 Å². The molecule has 5 rings (SSSR count). The van der Waals surface area contributed by atoms with Gasteiger partial charge in [-0.3, -0.25) is 14.4 Å². The molecule has 0 aliphatic rings. The second-order valence-corrected chi connectivity index (χ2v) is 12.5. The number of carbonyl (C=O) groups is 3. The Morgan fingerprint density at radius 3 is 2.25 bits per heavy atom. The maximum atomic E-state index is 13.7. The third kappa shape index (κ3) is 8.15. The van der Waals surface area contributed by atoms with Crippen molar-refractivity contribution in [3.8, 4) is 0 Å². The molecule has 0 aliphatic carbocycles. The van der Waals surface area contributed by atoms with Crippen molar-refractivity contribution in [2.24, 2.45) is 0 Å². The van der Waals surface area contributed by atoms with Gasteiger partial charge in [0, 0.05) is 25.4 Å². The Kier molecular flexibility index (Phi) is 10.5. The molecule has 220 valence electrons. The molecular weight excluding hydrogens is 681 g/mol. The molecule has 0 spiro atoms. The van der Waals surface area contributed by atoms with E-state index in [4.69, 9.17) is 0 Å². The lowest BCUT2D eigenvalue weighted by atomic mass is 10.0. The summed E-state index contributed by atoms with van der Waals surface area (Å²) in [6, 6.07) is 37.5. The number of carbonyl (C=O) groups excluding carboxylic acids is 3. The molecule has 8 heteroatoms. The third-order valence-corrected chi connectivity index (χ3v) is 8.87. The quantitative estimate of drug-likeness (QED) is 0.0773.